The second-order valence-corrected chi connectivity index (χ2v) is 6.09. The average molecular weight is 290 g/mol. The molecule has 21 heavy (non-hydrogen) atoms. The first-order chi connectivity index (χ1) is 10.3. The van der Waals surface area contributed by atoms with Crippen LogP contribution in [0.4, 0.5) is 0 Å². The summed E-state index contributed by atoms with van der Waals surface area (Å²) >= 11 is 0. The highest BCUT2D eigenvalue weighted by Gasteiger charge is 2.15. The number of rotatable bonds is 7. The Morgan fingerprint density at radius 2 is 2.19 bits per heavy atom. The molecule has 0 saturated carbocycles. The van der Waals surface area contributed by atoms with Gasteiger partial charge in [0.15, 0.2) is 0 Å². The van der Waals surface area contributed by atoms with Gasteiger partial charge in [-0.2, -0.15) is 0 Å². The summed E-state index contributed by atoms with van der Waals surface area (Å²) in [5.74, 6) is 0.979. The first-order valence-corrected chi connectivity index (χ1v) is 8.43. The first-order valence-electron chi connectivity index (χ1n) is 8.43. The van der Waals surface area contributed by atoms with Crippen molar-refractivity contribution in [2.75, 3.05) is 32.8 Å². The third kappa shape index (κ3) is 6.06. The van der Waals surface area contributed by atoms with E-state index in [1.807, 2.05) is 12.1 Å². The number of likely N-dealkylation sites (tertiary alicyclic amines) is 1. The van der Waals surface area contributed by atoms with Crippen molar-refractivity contribution in [2.45, 2.75) is 45.6 Å². The van der Waals surface area contributed by atoms with Crippen molar-refractivity contribution in [3.05, 3.63) is 29.8 Å². The molecule has 1 atom stereocenters. The van der Waals surface area contributed by atoms with Crippen molar-refractivity contribution in [2.24, 2.45) is 0 Å². The van der Waals surface area contributed by atoms with Gasteiger partial charge in [-0.25, -0.2) is 0 Å². The SMILES string of the molecule is CCCN1CCCC(NCCOc2cccc(C)c2)CC1. The van der Waals surface area contributed by atoms with Crippen LogP contribution in [-0.2, 0) is 0 Å². The lowest BCUT2D eigenvalue weighted by Crippen LogP contribution is -2.33. The molecule has 0 amide bonds. The number of benzene rings is 1. The van der Waals surface area contributed by atoms with Gasteiger partial charge in [-0.3, -0.25) is 0 Å². The van der Waals surface area contributed by atoms with Crippen molar-refractivity contribution in [1.82, 2.24) is 10.2 Å². The minimum atomic E-state index is 0.660. The highest BCUT2D eigenvalue weighted by Crippen LogP contribution is 2.13. The molecule has 1 N–H and O–H groups in total. The van der Waals surface area contributed by atoms with Gasteiger partial charge in [-0.15, -0.1) is 0 Å². The lowest BCUT2D eigenvalue weighted by atomic mass is 10.1. The van der Waals surface area contributed by atoms with Crippen LogP contribution in [0.25, 0.3) is 0 Å². The molecule has 1 aliphatic rings. The fourth-order valence-corrected chi connectivity index (χ4v) is 3.04. The smallest absolute Gasteiger partial charge is 0.119 e. The van der Waals surface area contributed by atoms with E-state index in [9.17, 15) is 0 Å². The Labute approximate surface area is 129 Å². The molecular formula is C18H30N2O. The zero-order valence-corrected chi connectivity index (χ0v) is 13.6. The first kappa shape index (κ1) is 16.3. The van der Waals surface area contributed by atoms with Crippen molar-refractivity contribution in [3.8, 4) is 5.75 Å². The van der Waals surface area contributed by atoms with Gasteiger partial charge in [0.1, 0.15) is 12.4 Å². The highest BCUT2D eigenvalue weighted by molar-refractivity contribution is 5.27. The van der Waals surface area contributed by atoms with E-state index in [0.717, 1.165) is 18.9 Å². The summed E-state index contributed by atoms with van der Waals surface area (Å²) in [5, 5.41) is 3.66. The molecule has 118 valence electrons. The van der Waals surface area contributed by atoms with Crippen LogP contribution >= 0.6 is 0 Å². The van der Waals surface area contributed by atoms with E-state index in [0.29, 0.717) is 6.04 Å². The van der Waals surface area contributed by atoms with Gasteiger partial charge in [0, 0.05) is 12.6 Å². The number of nitrogens with zero attached hydrogens (tertiary/aromatic N) is 1. The molecule has 0 aromatic heterocycles. The van der Waals surface area contributed by atoms with Crippen LogP contribution in [-0.4, -0.2) is 43.7 Å². The fraction of sp³-hybridized carbons (Fsp3) is 0.667. The van der Waals surface area contributed by atoms with Crippen LogP contribution in [0.3, 0.4) is 0 Å². The quantitative estimate of drug-likeness (QED) is 0.780. The van der Waals surface area contributed by atoms with Crippen LogP contribution in [0.2, 0.25) is 0 Å². The summed E-state index contributed by atoms with van der Waals surface area (Å²) in [6.45, 7) is 9.81. The molecule has 1 unspecified atom stereocenters. The maximum absolute atomic E-state index is 5.80. The van der Waals surface area contributed by atoms with Gasteiger partial charge in [0.2, 0.25) is 0 Å². The van der Waals surface area contributed by atoms with Crippen molar-refractivity contribution < 1.29 is 4.74 Å². The number of hydrogen-bond donors (Lipinski definition) is 1. The van der Waals surface area contributed by atoms with Crippen molar-refractivity contribution >= 4 is 0 Å². The topological polar surface area (TPSA) is 24.5 Å². The molecule has 1 aliphatic heterocycles. The molecule has 1 saturated heterocycles. The summed E-state index contributed by atoms with van der Waals surface area (Å²) in [5.41, 5.74) is 1.25. The molecule has 1 heterocycles. The van der Waals surface area contributed by atoms with E-state index in [4.69, 9.17) is 4.74 Å². The number of nitrogens with one attached hydrogen (secondary N) is 1. The lowest BCUT2D eigenvalue weighted by Gasteiger charge is -2.19. The predicted molar refractivity (Wildman–Crippen MR) is 89.0 cm³/mol. The van der Waals surface area contributed by atoms with Gasteiger partial charge in [-0.1, -0.05) is 19.1 Å². The largest absolute Gasteiger partial charge is 0.492 e. The number of aryl methyl sites for hydroxylation is 1. The Balaban J connectivity index is 1.62. The maximum atomic E-state index is 5.80. The zero-order chi connectivity index (χ0) is 14.9. The average Bonchev–Trinajstić information content (AvgIpc) is 2.70. The number of hydrogen-bond acceptors (Lipinski definition) is 3. The highest BCUT2D eigenvalue weighted by atomic mass is 16.5. The van der Waals surface area contributed by atoms with Gasteiger partial charge in [-0.05, 0) is 69.9 Å². The van der Waals surface area contributed by atoms with Crippen LogP contribution < -0.4 is 10.1 Å². The third-order valence-corrected chi connectivity index (χ3v) is 4.15. The molecule has 2 rings (SSSR count). The summed E-state index contributed by atoms with van der Waals surface area (Å²) < 4.78 is 5.80. The molecule has 0 radical (unpaired) electrons. The third-order valence-electron chi connectivity index (χ3n) is 4.15. The van der Waals surface area contributed by atoms with Gasteiger partial charge in [0.25, 0.3) is 0 Å². The summed E-state index contributed by atoms with van der Waals surface area (Å²) in [6.07, 6.45) is 5.15. The van der Waals surface area contributed by atoms with Crippen molar-refractivity contribution in [1.29, 1.82) is 0 Å². The zero-order valence-electron chi connectivity index (χ0n) is 13.6. The normalized spacial score (nSPS) is 20.2. The monoisotopic (exact) mass is 290 g/mol. The summed E-state index contributed by atoms with van der Waals surface area (Å²) in [4.78, 5) is 2.60. The molecule has 1 aromatic carbocycles. The molecule has 3 heteroatoms. The Morgan fingerprint density at radius 1 is 1.29 bits per heavy atom. The van der Waals surface area contributed by atoms with Gasteiger partial charge >= 0.3 is 0 Å². The number of ether oxygens (including phenoxy) is 1. The Hall–Kier alpha value is -1.06. The van der Waals surface area contributed by atoms with E-state index < -0.39 is 0 Å². The van der Waals surface area contributed by atoms with Crippen LogP contribution in [0.15, 0.2) is 24.3 Å². The van der Waals surface area contributed by atoms with Gasteiger partial charge < -0.3 is 15.0 Å². The van der Waals surface area contributed by atoms with E-state index in [1.165, 1.54) is 50.9 Å². The molecule has 1 aromatic rings. The van der Waals surface area contributed by atoms with E-state index >= 15 is 0 Å². The van der Waals surface area contributed by atoms with Gasteiger partial charge in [0.05, 0.1) is 0 Å². The molecule has 1 fully saturated rings. The van der Waals surface area contributed by atoms with E-state index in [2.05, 4.69) is 36.2 Å². The Bertz CT molecular complexity index is 408. The maximum Gasteiger partial charge on any atom is 0.119 e. The Kier molecular flexibility index (Phi) is 7.04. The Morgan fingerprint density at radius 3 is 3.00 bits per heavy atom. The second-order valence-electron chi connectivity index (χ2n) is 6.09. The van der Waals surface area contributed by atoms with Crippen LogP contribution in [0, 0.1) is 6.92 Å². The van der Waals surface area contributed by atoms with Crippen LogP contribution in [0.5, 0.6) is 5.75 Å². The standard InChI is InChI=1S/C18H30N2O/c1-3-11-20-12-5-7-17(9-13-20)19-10-14-21-18-8-4-6-16(2)15-18/h4,6,8,15,17,19H,3,5,7,9-14H2,1-2H3. The minimum Gasteiger partial charge on any atom is -0.492 e. The van der Waals surface area contributed by atoms with Crippen molar-refractivity contribution in [3.63, 3.8) is 0 Å². The second kappa shape index (κ2) is 9.06. The lowest BCUT2D eigenvalue weighted by molar-refractivity contribution is 0.278. The molecular weight excluding hydrogens is 260 g/mol. The molecule has 0 spiro atoms. The fourth-order valence-electron chi connectivity index (χ4n) is 3.04. The van der Waals surface area contributed by atoms with Crippen LogP contribution in [0.1, 0.15) is 38.2 Å². The molecule has 3 nitrogen and oxygen atoms in total. The minimum absolute atomic E-state index is 0.660. The summed E-state index contributed by atoms with van der Waals surface area (Å²) in [7, 11) is 0. The van der Waals surface area contributed by atoms with E-state index in [-0.39, 0.29) is 0 Å². The molecule has 0 aliphatic carbocycles. The van der Waals surface area contributed by atoms with E-state index in [1.54, 1.807) is 0 Å². The predicted octanol–water partition coefficient (Wildman–Crippen LogP) is 3.23. The summed E-state index contributed by atoms with van der Waals surface area (Å²) in [6, 6.07) is 8.92. The molecule has 0 bridgehead atoms.